The average Bonchev–Trinajstić information content (AvgIpc) is 3.35. The number of ether oxygens (including phenoxy) is 1. The molecule has 2 aliphatic heterocycles. The molecule has 1 N–H and O–H groups in total. The number of hydrogen-bond donors (Lipinski definition) is 1. The highest BCUT2D eigenvalue weighted by Gasteiger charge is 2.37. The lowest BCUT2D eigenvalue weighted by Gasteiger charge is -2.39. The highest BCUT2D eigenvalue weighted by Crippen LogP contribution is 2.44. The van der Waals surface area contributed by atoms with Crippen molar-refractivity contribution in [2.75, 3.05) is 13.2 Å². The molecule has 8 heteroatoms. The van der Waals surface area contributed by atoms with Crippen LogP contribution in [0.4, 0.5) is 4.39 Å². The van der Waals surface area contributed by atoms with Gasteiger partial charge in [0.15, 0.2) is 5.65 Å². The van der Waals surface area contributed by atoms with Crippen molar-refractivity contribution in [3.8, 4) is 22.5 Å². The molecule has 4 aromatic heterocycles. The number of pyridine rings is 2. The number of fused-ring (bicyclic) bond motifs is 2. The third kappa shape index (κ3) is 3.13. The number of hydrogen-bond acceptors (Lipinski definition) is 5. The molecule has 6 heterocycles. The predicted molar refractivity (Wildman–Crippen MR) is 114 cm³/mol. The lowest BCUT2D eigenvalue weighted by atomic mass is 9.74. The Labute approximate surface area is 178 Å². The molecule has 0 bridgehead atoms. The summed E-state index contributed by atoms with van der Waals surface area (Å²) in [7, 11) is 0. The summed E-state index contributed by atoms with van der Waals surface area (Å²) >= 11 is 0. The predicted octanol–water partition coefficient (Wildman–Crippen LogP) is 4.01. The van der Waals surface area contributed by atoms with Gasteiger partial charge in [0.1, 0.15) is 11.5 Å². The SMILES string of the molecule is C[C@@]1(CC2COC2)CCc2c(-c3ccnc4[nH]ncc34)c(-c3ccc(F)cn3)nn2C1. The quantitative estimate of drug-likeness (QED) is 0.542. The highest BCUT2D eigenvalue weighted by atomic mass is 19.1. The maximum atomic E-state index is 13.6. The van der Waals surface area contributed by atoms with Crippen LogP contribution in [-0.2, 0) is 17.7 Å². The maximum Gasteiger partial charge on any atom is 0.155 e. The van der Waals surface area contributed by atoms with Crippen molar-refractivity contribution in [2.45, 2.75) is 32.7 Å². The number of rotatable bonds is 4. The van der Waals surface area contributed by atoms with Gasteiger partial charge >= 0.3 is 0 Å². The highest BCUT2D eigenvalue weighted by molar-refractivity contribution is 5.97. The van der Waals surface area contributed by atoms with E-state index in [-0.39, 0.29) is 11.2 Å². The number of nitrogens with one attached hydrogen (secondary N) is 1. The Morgan fingerprint density at radius 1 is 1.23 bits per heavy atom. The van der Waals surface area contributed by atoms with E-state index in [1.54, 1.807) is 18.5 Å². The number of halogens is 1. The Morgan fingerprint density at radius 3 is 2.90 bits per heavy atom. The van der Waals surface area contributed by atoms with Gasteiger partial charge in [0.2, 0.25) is 0 Å². The summed E-state index contributed by atoms with van der Waals surface area (Å²) in [6.45, 7) is 4.94. The second kappa shape index (κ2) is 6.95. The summed E-state index contributed by atoms with van der Waals surface area (Å²) in [5.41, 5.74) is 5.62. The van der Waals surface area contributed by atoms with Crippen LogP contribution in [0.2, 0.25) is 0 Å². The van der Waals surface area contributed by atoms with Gasteiger partial charge in [0.05, 0.1) is 31.3 Å². The van der Waals surface area contributed by atoms with E-state index in [9.17, 15) is 4.39 Å². The van der Waals surface area contributed by atoms with Crippen LogP contribution in [0.3, 0.4) is 0 Å². The average molecular weight is 418 g/mol. The summed E-state index contributed by atoms with van der Waals surface area (Å²) in [5.74, 6) is 0.288. The molecule has 7 nitrogen and oxygen atoms in total. The molecule has 158 valence electrons. The zero-order chi connectivity index (χ0) is 21.0. The number of nitrogens with zero attached hydrogens (tertiary/aromatic N) is 5. The van der Waals surface area contributed by atoms with Crippen molar-refractivity contribution in [3.05, 3.63) is 48.3 Å². The van der Waals surface area contributed by atoms with Crippen molar-refractivity contribution in [1.29, 1.82) is 0 Å². The van der Waals surface area contributed by atoms with E-state index in [0.717, 1.165) is 66.9 Å². The van der Waals surface area contributed by atoms with Gasteiger partial charge in [-0.2, -0.15) is 10.2 Å². The van der Waals surface area contributed by atoms with Crippen LogP contribution < -0.4 is 0 Å². The minimum absolute atomic E-state index is 0.182. The number of aromatic nitrogens is 6. The first-order valence-electron chi connectivity index (χ1n) is 10.7. The summed E-state index contributed by atoms with van der Waals surface area (Å²) in [6, 6.07) is 5.14. The largest absolute Gasteiger partial charge is 0.381 e. The van der Waals surface area contributed by atoms with Crippen LogP contribution in [-0.4, -0.2) is 43.2 Å². The zero-order valence-electron chi connectivity index (χ0n) is 17.3. The van der Waals surface area contributed by atoms with Crippen molar-refractivity contribution >= 4 is 11.0 Å². The summed E-state index contributed by atoms with van der Waals surface area (Å²) in [5, 5.41) is 13.1. The van der Waals surface area contributed by atoms with Crippen molar-refractivity contribution in [2.24, 2.45) is 11.3 Å². The van der Waals surface area contributed by atoms with Crippen molar-refractivity contribution in [3.63, 3.8) is 0 Å². The van der Waals surface area contributed by atoms with E-state index < -0.39 is 0 Å². The lowest BCUT2D eigenvalue weighted by molar-refractivity contribution is -0.0574. The molecule has 6 rings (SSSR count). The third-order valence-corrected chi connectivity index (χ3v) is 6.64. The van der Waals surface area contributed by atoms with Crippen LogP contribution in [0.25, 0.3) is 33.5 Å². The Kier molecular flexibility index (Phi) is 4.17. The fourth-order valence-electron chi connectivity index (χ4n) is 5.06. The molecule has 0 aromatic carbocycles. The first kappa shape index (κ1) is 18.6. The van der Waals surface area contributed by atoms with Gasteiger partial charge < -0.3 is 4.74 Å². The van der Waals surface area contributed by atoms with Crippen LogP contribution >= 0.6 is 0 Å². The molecular formula is C23H23FN6O. The fraction of sp³-hybridized carbons (Fsp3) is 0.391. The molecular weight excluding hydrogens is 395 g/mol. The van der Waals surface area contributed by atoms with Gasteiger partial charge in [0, 0.05) is 35.3 Å². The molecule has 0 saturated carbocycles. The lowest BCUT2D eigenvalue weighted by Crippen LogP contribution is -2.38. The molecule has 4 aromatic rings. The van der Waals surface area contributed by atoms with Gasteiger partial charge in [-0.3, -0.25) is 14.8 Å². The topological polar surface area (TPSA) is 81.5 Å². The summed E-state index contributed by atoms with van der Waals surface area (Å²) in [4.78, 5) is 8.73. The van der Waals surface area contributed by atoms with E-state index in [1.165, 1.54) is 18.0 Å². The fourth-order valence-corrected chi connectivity index (χ4v) is 5.06. The number of aromatic amines is 1. The molecule has 2 aliphatic rings. The molecule has 0 radical (unpaired) electrons. The smallest absolute Gasteiger partial charge is 0.155 e. The molecule has 1 fully saturated rings. The Balaban J connectivity index is 1.50. The molecule has 31 heavy (non-hydrogen) atoms. The van der Waals surface area contributed by atoms with Crippen LogP contribution in [0.5, 0.6) is 0 Å². The standard InChI is InChI=1S/C23H23FN6O/c1-23(8-14-11-31-12-14)6-4-19-20(16-5-7-25-22-17(16)10-27-28-22)21(29-30(19)13-23)18-3-2-15(24)9-26-18/h2-3,5,7,9-10,14H,4,6,8,11-13H2,1H3,(H,25,27,28)/t23-/m0/s1. The van der Waals surface area contributed by atoms with E-state index in [1.807, 2.05) is 6.07 Å². The monoisotopic (exact) mass is 418 g/mol. The third-order valence-electron chi connectivity index (χ3n) is 6.64. The summed E-state index contributed by atoms with van der Waals surface area (Å²) < 4.78 is 21.1. The van der Waals surface area contributed by atoms with E-state index in [2.05, 4.69) is 31.8 Å². The molecule has 0 spiro atoms. The normalized spacial score (nSPS) is 21.2. The van der Waals surface area contributed by atoms with E-state index >= 15 is 0 Å². The van der Waals surface area contributed by atoms with Gasteiger partial charge in [-0.05, 0) is 48.4 Å². The molecule has 0 amide bonds. The van der Waals surface area contributed by atoms with Gasteiger partial charge in [-0.1, -0.05) is 6.92 Å². The first-order valence-corrected chi connectivity index (χ1v) is 10.7. The Morgan fingerprint density at radius 2 is 2.13 bits per heavy atom. The van der Waals surface area contributed by atoms with E-state index in [0.29, 0.717) is 11.6 Å². The second-order valence-corrected chi connectivity index (χ2v) is 9.10. The molecule has 0 aliphatic carbocycles. The molecule has 1 saturated heterocycles. The molecule has 0 unspecified atom stereocenters. The van der Waals surface area contributed by atoms with Crippen molar-refractivity contribution < 1.29 is 9.13 Å². The second-order valence-electron chi connectivity index (χ2n) is 9.10. The minimum Gasteiger partial charge on any atom is -0.381 e. The van der Waals surface area contributed by atoms with Gasteiger partial charge in [0.25, 0.3) is 0 Å². The first-order chi connectivity index (χ1) is 15.1. The Hall–Kier alpha value is -3.13. The van der Waals surface area contributed by atoms with Crippen LogP contribution in [0, 0.1) is 17.2 Å². The van der Waals surface area contributed by atoms with E-state index in [4.69, 9.17) is 9.84 Å². The summed E-state index contributed by atoms with van der Waals surface area (Å²) in [6.07, 6.45) is 8.00. The maximum absolute atomic E-state index is 13.6. The zero-order valence-corrected chi connectivity index (χ0v) is 17.3. The van der Waals surface area contributed by atoms with Crippen LogP contribution in [0.15, 0.2) is 36.8 Å². The van der Waals surface area contributed by atoms with Crippen LogP contribution in [0.1, 0.15) is 25.5 Å². The Bertz CT molecular complexity index is 1260. The molecule has 1 atom stereocenters. The number of H-pyrrole nitrogens is 1. The van der Waals surface area contributed by atoms with Crippen molar-refractivity contribution in [1.82, 2.24) is 29.9 Å². The van der Waals surface area contributed by atoms with Gasteiger partial charge in [-0.15, -0.1) is 0 Å². The van der Waals surface area contributed by atoms with Gasteiger partial charge in [-0.25, -0.2) is 9.37 Å². The minimum atomic E-state index is -0.356.